The molecule has 1 fully saturated rings. The summed E-state index contributed by atoms with van der Waals surface area (Å²) in [7, 11) is 0. The van der Waals surface area contributed by atoms with Crippen molar-refractivity contribution in [3.05, 3.63) is 29.8 Å². The lowest BCUT2D eigenvalue weighted by Gasteiger charge is -2.13. The SMILES string of the molecule is C[C@@H](NC1CC1)c1ccc(O)cc1. The Morgan fingerprint density at radius 2 is 1.92 bits per heavy atom. The van der Waals surface area contributed by atoms with E-state index < -0.39 is 0 Å². The van der Waals surface area contributed by atoms with Crippen molar-refractivity contribution in [2.75, 3.05) is 0 Å². The molecule has 1 aromatic rings. The number of nitrogens with one attached hydrogen (secondary N) is 1. The number of hydrogen-bond acceptors (Lipinski definition) is 2. The zero-order valence-corrected chi connectivity index (χ0v) is 7.83. The molecule has 0 amide bonds. The van der Waals surface area contributed by atoms with Crippen LogP contribution in [0.3, 0.4) is 0 Å². The standard InChI is InChI=1S/C11H15NO/c1-8(12-10-4-5-10)9-2-6-11(13)7-3-9/h2-3,6-8,10,12-13H,4-5H2,1H3/t8-/m1/s1. The molecule has 0 aromatic heterocycles. The summed E-state index contributed by atoms with van der Waals surface area (Å²) in [6.07, 6.45) is 2.62. The van der Waals surface area contributed by atoms with E-state index in [1.54, 1.807) is 12.1 Å². The van der Waals surface area contributed by atoms with E-state index in [2.05, 4.69) is 12.2 Å². The monoisotopic (exact) mass is 177 g/mol. The first-order valence-corrected chi connectivity index (χ1v) is 4.80. The molecule has 1 aliphatic rings. The van der Waals surface area contributed by atoms with Crippen LogP contribution in [-0.2, 0) is 0 Å². The normalized spacial score (nSPS) is 18.5. The van der Waals surface area contributed by atoms with E-state index in [0.717, 1.165) is 6.04 Å². The summed E-state index contributed by atoms with van der Waals surface area (Å²) in [5.41, 5.74) is 1.24. The number of rotatable bonds is 3. The largest absolute Gasteiger partial charge is 0.508 e. The minimum Gasteiger partial charge on any atom is -0.508 e. The molecule has 2 rings (SSSR count). The lowest BCUT2D eigenvalue weighted by molar-refractivity contribution is 0.474. The summed E-state index contributed by atoms with van der Waals surface area (Å²) in [5.74, 6) is 0.336. The average molecular weight is 177 g/mol. The summed E-state index contributed by atoms with van der Waals surface area (Å²) >= 11 is 0. The Kier molecular flexibility index (Phi) is 2.23. The zero-order chi connectivity index (χ0) is 9.26. The maximum Gasteiger partial charge on any atom is 0.115 e. The van der Waals surface area contributed by atoms with Crippen LogP contribution in [-0.4, -0.2) is 11.1 Å². The molecule has 1 aliphatic carbocycles. The molecule has 1 saturated carbocycles. The third kappa shape index (κ3) is 2.22. The molecule has 0 unspecified atom stereocenters. The van der Waals surface area contributed by atoms with Gasteiger partial charge in [0, 0.05) is 12.1 Å². The molecule has 0 radical (unpaired) electrons. The molecule has 1 aromatic carbocycles. The maximum atomic E-state index is 9.11. The van der Waals surface area contributed by atoms with Gasteiger partial charge in [0.25, 0.3) is 0 Å². The molecule has 2 N–H and O–H groups in total. The van der Waals surface area contributed by atoms with Gasteiger partial charge in [-0.2, -0.15) is 0 Å². The van der Waals surface area contributed by atoms with E-state index in [1.807, 2.05) is 12.1 Å². The van der Waals surface area contributed by atoms with Crippen molar-refractivity contribution in [3.63, 3.8) is 0 Å². The second-order valence-electron chi connectivity index (χ2n) is 3.75. The Hall–Kier alpha value is -1.02. The number of phenols is 1. The van der Waals surface area contributed by atoms with Crippen molar-refractivity contribution in [2.45, 2.75) is 31.8 Å². The van der Waals surface area contributed by atoms with E-state index in [0.29, 0.717) is 11.8 Å². The van der Waals surface area contributed by atoms with Crippen molar-refractivity contribution >= 4 is 0 Å². The summed E-state index contributed by atoms with van der Waals surface area (Å²) in [6, 6.07) is 8.53. The molecule has 70 valence electrons. The van der Waals surface area contributed by atoms with Crippen LogP contribution < -0.4 is 5.32 Å². The highest BCUT2D eigenvalue weighted by molar-refractivity contribution is 5.27. The summed E-state index contributed by atoms with van der Waals surface area (Å²) in [6.45, 7) is 2.16. The fourth-order valence-electron chi connectivity index (χ4n) is 1.46. The smallest absolute Gasteiger partial charge is 0.115 e. The highest BCUT2D eigenvalue weighted by atomic mass is 16.3. The highest BCUT2D eigenvalue weighted by Gasteiger charge is 2.22. The first kappa shape index (κ1) is 8.57. The maximum absolute atomic E-state index is 9.11. The predicted octanol–water partition coefficient (Wildman–Crippen LogP) is 2.21. The van der Waals surface area contributed by atoms with E-state index in [4.69, 9.17) is 5.11 Å². The lowest BCUT2D eigenvalue weighted by Crippen LogP contribution is -2.20. The van der Waals surface area contributed by atoms with Crippen LogP contribution in [0.2, 0.25) is 0 Å². The summed E-state index contributed by atoms with van der Waals surface area (Å²) in [4.78, 5) is 0. The average Bonchev–Trinajstić information content (AvgIpc) is 2.89. The van der Waals surface area contributed by atoms with Gasteiger partial charge in [-0.25, -0.2) is 0 Å². The van der Waals surface area contributed by atoms with Gasteiger partial charge in [0.1, 0.15) is 5.75 Å². The fraction of sp³-hybridized carbons (Fsp3) is 0.455. The summed E-state index contributed by atoms with van der Waals surface area (Å²) in [5, 5.41) is 12.6. The quantitative estimate of drug-likeness (QED) is 0.742. The third-order valence-corrected chi connectivity index (χ3v) is 2.46. The Balaban J connectivity index is 2.01. The molecule has 0 heterocycles. The number of benzene rings is 1. The molecule has 2 nitrogen and oxygen atoms in total. The Morgan fingerprint density at radius 1 is 1.31 bits per heavy atom. The second kappa shape index (κ2) is 3.38. The van der Waals surface area contributed by atoms with Gasteiger partial charge in [-0.1, -0.05) is 12.1 Å². The van der Waals surface area contributed by atoms with E-state index in [9.17, 15) is 0 Å². The van der Waals surface area contributed by atoms with Crippen LogP contribution in [0.4, 0.5) is 0 Å². The molecule has 0 bridgehead atoms. The van der Waals surface area contributed by atoms with Crippen LogP contribution >= 0.6 is 0 Å². The van der Waals surface area contributed by atoms with Crippen molar-refractivity contribution in [1.82, 2.24) is 5.32 Å². The zero-order valence-electron chi connectivity index (χ0n) is 7.83. The Labute approximate surface area is 78.6 Å². The molecular formula is C11H15NO. The Morgan fingerprint density at radius 3 is 2.46 bits per heavy atom. The number of hydrogen-bond donors (Lipinski definition) is 2. The second-order valence-corrected chi connectivity index (χ2v) is 3.75. The predicted molar refractivity (Wildman–Crippen MR) is 52.7 cm³/mol. The minimum atomic E-state index is 0.336. The van der Waals surface area contributed by atoms with Crippen molar-refractivity contribution in [2.24, 2.45) is 0 Å². The van der Waals surface area contributed by atoms with Crippen LogP contribution in [0.15, 0.2) is 24.3 Å². The lowest BCUT2D eigenvalue weighted by atomic mass is 10.1. The van der Waals surface area contributed by atoms with Crippen LogP contribution in [0.5, 0.6) is 5.75 Å². The summed E-state index contributed by atoms with van der Waals surface area (Å²) < 4.78 is 0. The van der Waals surface area contributed by atoms with E-state index >= 15 is 0 Å². The first-order chi connectivity index (χ1) is 6.25. The molecule has 0 aliphatic heterocycles. The molecule has 2 heteroatoms. The van der Waals surface area contributed by atoms with Gasteiger partial charge in [0.15, 0.2) is 0 Å². The van der Waals surface area contributed by atoms with Crippen LogP contribution in [0.1, 0.15) is 31.4 Å². The topological polar surface area (TPSA) is 32.3 Å². The van der Waals surface area contributed by atoms with E-state index in [1.165, 1.54) is 18.4 Å². The van der Waals surface area contributed by atoms with Gasteiger partial charge in [-0.15, -0.1) is 0 Å². The van der Waals surface area contributed by atoms with Crippen molar-refractivity contribution < 1.29 is 5.11 Å². The van der Waals surface area contributed by atoms with Crippen molar-refractivity contribution in [3.8, 4) is 5.75 Å². The number of phenolic OH excluding ortho intramolecular Hbond substituents is 1. The Bertz CT molecular complexity index is 277. The molecule has 0 spiro atoms. The van der Waals surface area contributed by atoms with Crippen molar-refractivity contribution in [1.29, 1.82) is 0 Å². The van der Waals surface area contributed by atoms with Gasteiger partial charge in [-0.05, 0) is 37.5 Å². The van der Waals surface area contributed by atoms with E-state index in [-0.39, 0.29) is 0 Å². The molecule has 13 heavy (non-hydrogen) atoms. The molecular weight excluding hydrogens is 162 g/mol. The number of aromatic hydroxyl groups is 1. The van der Waals surface area contributed by atoms with Gasteiger partial charge in [0.2, 0.25) is 0 Å². The minimum absolute atomic E-state index is 0.336. The highest BCUT2D eigenvalue weighted by Crippen LogP contribution is 2.24. The van der Waals surface area contributed by atoms with Gasteiger partial charge in [-0.3, -0.25) is 0 Å². The van der Waals surface area contributed by atoms with Gasteiger partial charge >= 0.3 is 0 Å². The molecule has 1 atom stereocenters. The van der Waals surface area contributed by atoms with Gasteiger partial charge < -0.3 is 10.4 Å². The van der Waals surface area contributed by atoms with Crippen LogP contribution in [0.25, 0.3) is 0 Å². The fourth-order valence-corrected chi connectivity index (χ4v) is 1.46. The first-order valence-electron chi connectivity index (χ1n) is 4.80. The molecule has 0 saturated heterocycles. The van der Waals surface area contributed by atoms with Gasteiger partial charge in [0.05, 0.1) is 0 Å². The van der Waals surface area contributed by atoms with Crippen LogP contribution in [0, 0.1) is 0 Å². The third-order valence-electron chi connectivity index (χ3n) is 2.46.